The van der Waals surface area contributed by atoms with E-state index in [-0.39, 0.29) is 18.0 Å². The first-order valence-electron chi connectivity index (χ1n) is 10.2. The van der Waals surface area contributed by atoms with Crippen LogP contribution >= 0.6 is 0 Å². The van der Waals surface area contributed by atoms with E-state index in [1.807, 2.05) is 19.2 Å². The van der Waals surface area contributed by atoms with Crippen LogP contribution in [0.15, 0.2) is 53.5 Å². The quantitative estimate of drug-likeness (QED) is 0.633. The number of ether oxygens (including phenoxy) is 2. The van der Waals surface area contributed by atoms with Crippen LogP contribution in [0.3, 0.4) is 0 Å². The van der Waals surface area contributed by atoms with Gasteiger partial charge in [-0.25, -0.2) is 4.39 Å². The molecule has 2 aromatic rings. The summed E-state index contributed by atoms with van der Waals surface area (Å²) in [6.45, 7) is 5.05. The predicted molar refractivity (Wildman–Crippen MR) is 112 cm³/mol. The lowest BCUT2D eigenvalue weighted by molar-refractivity contribution is -0.0605. The molecule has 2 aliphatic rings. The average Bonchev–Trinajstić information content (AvgIpc) is 2.74. The zero-order valence-electron chi connectivity index (χ0n) is 17.0. The molecule has 5 nitrogen and oxygen atoms in total. The second kappa shape index (κ2) is 8.82. The summed E-state index contributed by atoms with van der Waals surface area (Å²) in [5.41, 5.74) is 2.23. The van der Waals surface area contributed by atoms with Gasteiger partial charge in [0, 0.05) is 26.1 Å². The van der Waals surface area contributed by atoms with Crippen LogP contribution in [-0.2, 0) is 4.74 Å². The summed E-state index contributed by atoms with van der Waals surface area (Å²) in [5, 5.41) is 3.56. The number of fused-ring (bicyclic) bond motifs is 1. The standard InChI is InChI=1S/C23H28FN3O2/c1-16-14-27(15-22(29-16)17-7-9-19(24)10-8-17)23(25-2)26-13-18-11-12-28-21-6-4-3-5-20(18)21/h3-10,16,18,22H,11-15H2,1-2H3,(H,25,26). The summed E-state index contributed by atoms with van der Waals surface area (Å²) in [4.78, 5) is 6.74. The maximum absolute atomic E-state index is 13.3. The molecule has 1 saturated heterocycles. The molecule has 0 aliphatic carbocycles. The van der Waals surface area contributed by atoms with E-state index < -0.39 is 0 Å². The third-order valence-corrected chi connectivity index (χ3v) is 5.60. The molecule has 2 heterocycles. The van der Waals surface area contributed by atoms with Crippen molar-refractivity contribution in [2.24, 2.45) is 4.99 Å². The largest absolute Gasteiger partial charge is 0.493 e. The Balaban J connectivity index is 1.43. The van der Waals surface area contributed by atoms with Gasteiger partial charge < -0.3 is 19.7 Å². The maximum atomic E-state index is 13.3. The van der Waals surface area contributed by atoms with Crippen molar-refractivity contribution in [2.75, 3.05) is 33.3 Å². The Bertz CT molecular complexity index is 855. The fourth-order valence-electron chi connectivity index (χ4n) is 4.16. The second-order valence-electron chi connectivity index (χ2n) is 7.69. The molecule has 29 heavy (non-hydrogen) atoms. The summed E-state index contributed by atoms with van der Waals surface area (Å²) >= 11 is 0. The molecule has 6 heteroatoms. The molecule has 0 saturated carbocycles. The molecule has 0 spiro atoms. The van der Waals surface area contributed by atoms with Crippen LogP contribution in [-0.4, -0.2) is 50.3 Å². The van der Waals surface area contributed by atoms with Gasteiger partial charge in [-0.3, -0.25) is 4.99 Å². The zero-order valence-corrected chi connectivity index (χ0v) is 17.0. The highest BCUT2D eigenvalue weighted by Gasteiger charge is 2.29. The monoisotopic (exact) mass is 397 g/mol. The molecule has 3 atom stereocenters. The Morgan fingerprint density at radius 3 is 2.76 bits per heavy atom. The lowest BCUT2D eigenvalue weighted by Crippen LogP contribution is -2.51. The van der Waals surface area contributed by atoms with Crippen molar-refractivity contribution in [1.29, 1.82) is 0 Å². The molecule has 1 N–H and O–H groups in total. The highest BCUT2D eigenvalue weighted by Crippen LogP contribution is 2.33. The number of aliphatic imine (C=N–C) groups is 1. The highest BCUT2D eigenvalue weighted by molar-refractivity contribution is 5.80. The summed E-state index contributed by atoms with van der Waals surface area (Å²) in [6, 6.07) is 14.8. The van der Waals surface area contributed by atoms with Gasteiger partial charge in [-0.1, -0.05) is 30.3 Å². The van der Waals surface area contributed by atoms with Crippen LogP contribution < -0.4 is 10.1 Å². The fraction of sp³-hybridized carbons (Fsp3) is 0.435. The van der Waals surface area contributed by atoms with Gasteiger partial charge in [0.15, 0.2) is 5.96 Å². The molecular weight excluding hydrogens is 369 g/mol. The van der Waals surface area contributed by atoms with Crippen molar-refractivity contribution < 1.29 is 13.9 Å². The Kier molecular flexibility index (Phi) is 6.00. The van der Waals surface area contributed by atoms with Crippen LogP contribution in [0, 0.1) is 5.82 Å². The molecule has 0 amide bonds. The van der Waals surface area contributed by atoms with E-state index >= 15 is 0 Å². The van der Waals surface area contributed by atoms with Crippen LogP contribution in [0.4, 0.5) is 4.39 Å². The van der Waals surface area contributed by atoms with Crippen LogP contribution in [0.2, 0.25) is 0 Å². The highest BCUT2D eigenvalue weighted by atomic mass is 19.1. The van der Waals surface area contributed by atoms with Gasteiger partial charge in [0.05, 0.1) is 19.3 Å². The first-order chi connectivity index (χ1) is 14.1. The Morgan fingerprint density at radius 2 is 1.97 bits per heavy atom. The predicted octanol–water partition coefficient (Wildman–Crippen LogP) is 3.73. The number of nitrogens with one attached hydrogen (secondary N) is 1. The van der Waals surface area contributed by atoms with Crippen LogP contribution in [0.5, 0.6) is 5.75 Å². The SMILES string of the molecule is CN=C(NCC1CCOc2ccccc21)N1CC(C)OC(c2ccc(F)cc2)C1. The van der Waals surface area contributed by atoms with E-state index in [2.05, 4.69) is 34.3 Å². The number of nitrogens with zero attached hydrogens (tertiary/aromatic N) is 2. The summed E-state index contributed by atoms with van der Waals surface area (Å²) in [5.74, 6) is 2.01. The van der Waals surface area contributed by atoms with Gasteiger partial charge in [0.1, 0.15) is 17.7 Å². The van der Waals surface area contributed by atoms with Gasteiger partial charge in [0.2, 0.25) is 0 Å². The molecule has 1 fully saturated rings. The first-order valence-corrected chi connectivity index (χ1v) is 10.2. The molecule has 154 valence electrons. The molecule has 3 unspecified atom stereocenters. The summed E-state index contributed by atoms with van der Waals surface area (Å²) in [7, 11) is 1.81. The van der Waals surface area contributed by atoms with Crippen molar-refractivity contribution in [2.45, 2.75) is 31.5 Å². The topological polar surface area (TPSA) is 46.1 Å². The number of hydrogen-bond acceptors (Lipinski definition) is 3. The molecule has 0 bridgehead atoms. The number of guanidine groups is 1. The molecule has 4 rings (SSSR count). The van der Waals surface area contributed by atoms with Gasteiger partial charge in [0.25, 0.3) is 0 Å². The Hall–Kier alpha value is -2.60. The van der Waals surface area contributed by atoms with Crippen molar-refractivity contribution in [1.82, 2.24) is 10.2 Å². The second-order valence-corrected chi connectivity index (χ2v) is 7.69. The van der Waals surface area contributed by atoms with Gasteiger partial charge in [-0.2, -0.15) is 0 Å². The lowest BCUT2D eigenvalue weighted by Gasteiger charge is -2.39. The number of para-hydroxylation sites is 1. The lowest BCUT2D eigenvalue weighted by atomic mass is 9.93. The van der Waals surface area contributed by atoms with E-state index in [0.29, 0.717) is 12.5 Å². The molecule has 2 aromatic carbocycles. The molecular formula is C23H28FN3O2. The van der Waals surface area contributed by atoms with Crippen molar-refractivity contribution in [3.63, 3.8) is 0 Å². The Labute approximate surface area is 171 Å². The van der Waals surface area contributed by atoms with E-state index in [1.54, 1.807) is 12.1 Å². The van der Waals surface area contributed by atoms with Crippen LogP contribution in [0.25, 0.3) is 0 Å². The van der Waals surface area contributed by atoms with Crippen LogP contribution in [0.1, 0.15) is 36.5 Å². The number of benzene rings is 2. The van der Waals surface area contributed by atoms with Crippen molar-refractivity contribution in [3.8, 4) is 5.75 Å². The normalized spacial score (nSPS) is 24.6. The maximum Gasteiger partial charge on any atom is 0.193 e. The number of halogens is 1. The van der Waals surface area contributed by atoms with E-state index in [0.717, 1.165) is 43.4 Å². The summed E-state index contributed by atoms with van der Waals surface area (Å²) in [6.07, 6.45) is 0.932. The molecule has 2 aliphatic heterocycles. The fourth-order valence-corrected chi connectivity index (χ4v) is 4.16. The molecule has 0 aromatic heterocycles. The number of morpholine rings is 1. The van der Waals surface area contributed by atoms with E-state index in [9.17, 15) is 4.39 Å². The van der Waals surface area contributed by atoms with Crippen molar-refractivity contribution in [3.05, 3.63) is 65.5 Å². The summed E-state index contributed by atoms with van der Waals surface area (Å²) < 4.78 is 25.2. The van der Waals surface area contributed by atoms with Crippen molar-refractivity contribution >= 4 is 5.96 Å². The minimum atomic E-state index is -0.233. The third kappa shape index (κ3) is 4.53. The number of hydrogen-bond donors (Lipinski definition) is 1. The van der Waals surface area contributed by atoms with Gasteiger partial charge in [-0.05, 0) is 42.7 Å². The van der Waals surface area contributed by atoms with Gasteiger partial charge in [-0.15, -0.1) is 0 Å². The minimum absolute atomic E-state index is 0.0566. The Morgan fingerprint density at radius 1 is 1.17 bits per heavy atom. The smallest absolute Gasteiger partial charge is 0.193 e. The zero-order chi connectivity index (χ0) is 20.2. The van der Waals surface area contributed by atoms with E-state index in [4.69, 9.17) is 9.47 Å². The first kappa shape index (κ1) is 19.7. The number of rotatable bonds is 3. The van der Waals surface area contributed by atoms with Gasteiger partial charge >= 0.3 is 0 Å². The van der Waals surface area contributed by atoms with E-state index in [1.165, 1.54) is 17.7 Å². The minimum Gasteiger partial charge on any atom is -0.493 e. The third-order valence-electron chi connectivity index (χ3n) is 5.60. The molecule has 0 radical (unpaired) electrons. The average molecular weight is 397 g/mol.